The first-order valence-corrected chi connectivity index (χ1v) is 8.70. The summed E-state index contributed by atoms with van der Waals surface area (Å²) in [6, 6.07) is 9.76. The average Bonchev–Trinajstić information content (AvgIpc) is 3.01. The van der Waals surface area contributed by atoms with E-state index in [0.29, 0.717) is 31.3 Å². The molecule has 134 valence electrons. The second kappa shape index (κ2) is 6.41. The van der Waals surface area contributed by atoms with Gasteiger partial charge in [-0.25, -0.2) is 0 Å². The molecule has 3 aromatic rings. The van der Waals surface area contributed by atoms with Gasteiger partial charge in [0.15, 0.2) is 17.3 Å². The van der Waals surface area contributed by atoms with Crippen molar-refractivity contribution in [1.82, 2.24) is 5.32 Å². The zero-order valence-electron chi connectivity index (χ0n) is 15.1. The fourth-order valence-electron chi connectivity index (χ4n) is 3.35. The predicted octanol–water partition coefficient (Wildman–Crippen LogP) is 4.06. The van der Waals surface area contributed by atoms with E-state index in [1.165, 1.54) is 0 Å². The molecule has 0 atom stereocenters. The van der Waals surface area contributed by atoms with Gasteiger partial charge in [-0.1, -0.05) is 18.2 Å². The van der Waals surface area contributed by atoms with E-state index in [9.17, 15) is 4.79 Å². The van der Waals surface area contributed by atoms with Gasteiger partial charge in [0, 0.05) is 17.5 Å². The predicted molar refractivity (Wildman–Crippen MR) is 99.0 cm³/mol. The molecule has 1 aliphatic rings. The molecule has 1 aliphatic heterocycles. The molecular weight excluding hydrogens is 330 g/mol. The van der Waals surface area contributed by atoms with Gasteiger partial charge in [-0.3, -0.25) is 4.79 Å². The van der Waals surface area contributed by atoms with Gasteiger partial charge in [-0.15, -0.1) is 0 Å². The number of carbonyl (C=O) groups is 1. The fourth-order valence-corrected chi connectivity index (χ4v) is 3.35. The largest absolute Gasteiger partial charge is 0.486 e. The summed E-state index contributed by atoms with van der Waals surface area (Å²) in [7, 11) is 0. The summed E-state index contributed by atoms with van der Waals surface area (Å²) < 4.78 is 17.0. The van der Waals surface area contributed by atoms with Crippen LogP contribution in [0.2, 0.25) is 0 Å². The molecule has 2 aromatic carbocycles. The summed E-state index contributed by atoms with van der Waals surface area (Å²) >= 11 is 0. The highest BCUT2D eigenvalue weighted by molar-refractivity contribution is 6.00. The van der Waals surface area contributed by atoms with Crippen LogP contribution < -0.4 is 14.8 Å². The second-order valence-corrected chi connectivity index (χ2v) is 6.62. The Labute approximate surface area is 151 Å². The molecule has 0 saturated heterocycles. The molecule has 0 radical (unpaired) electrons. The van der Waals surface area contributed by atoms with Gasteiger partial charge in [-0.05, 0) is 49.6 Å². The Balaban J connectivity index is 1.56. The highest BCUT2D eigenvalue weighted by atomic mass is 16.6. The van der Waals surface area contributed by atoms with Crippen molar-refractivity contribution in [2.24, 2.45) is 0 Å². The van der Waals surface area contributed by atoms with Crippen LogP contribution in [0.1, 0.15) is 32.8 Å². The van der Waals surface area contributed by atoms with Crippen LogP contribution in [0.25, 0.3) is 11.0 Å². The van der Waals surface area contributed by atoms with Gasteiger partial charge in [0.1, 0.15) is 18.8 Å². The molecule has 5 nitrogen and oxygen atoms in total. The highest BCUT2D eigenvalue weighted by Gasteiger charge is 2.20. The highest BCUT2D eigenvalue weighted by Crippen LogP contribution is 2.32. The Kier molecular flexibility index (Phi) is 4.07. The summed E-state index contributed by atoms with van der Waals surface area (Å²) in [5, 5.41) is 3.96. The van der Waals surface area contributed by atoms with E-state index >= 15 is 0 Å². The maximum Gasteiger partial charge on any atom is 0.287 e. The third-order valence-corrected chi connectivity index (χ3v) is 4.75. The Morgan fingerprint density at radius 1 is 1.00 bits per heavy atom. The van der Waals surface area contributed by atoms with Crippen molar-refractivity contribution < 1.29 is 18.7 Å². The van der Waals surface area contributed by atoms with Crippen molar-refractivity contribution in [3.05, 3.63) is 58.3 Å². The molecule has 5 heteroatoms. The van der Waals surface area contributed by atoms with Gasteiger partial charge in [0.05, 0.1) is 0 Å². The Morgan fingerprint density at radius 2 is 1.73 bits per heavy atom. The smallest absolute Gasteiger partial charge is 0.287 e. The van der Waals surface area contributed by atoms with Gasteiger partial charge >= 0.3 is 0 Å². The molecule has 1 aromatic heterocycles. The van der Waals surface area contributed by atoms with Crippen molar-refractivity contribution in [2.75, 3.05) is 13.2 Å². The summed E-state index contributed by atoms with van der Waals surface area (Å²) in [5.41, 5.74) is 4.74. The van der Waals surface area contributed by atoms with Crippen LogP contribution in [0.3, 0.4) is 0 Å². The van der Waals surface area contributed by atoms with E-state index in [2.05, 4.69) is 11.4 Å². The van der Waals surface area contributed by atoms with Crippen LogP contribution in [-0.4, -0.2) is 19.1 Å². The lowest BCUT2D eigenvalue weighted by molar-refractivity contribution is 0.0924. The van der Waals surface area contributed by atoms with Crippen LogP contribution in [0.5, 0.6) is 11.5 Å². The minimum atomic E-state index is -0.215. The molecule has 0 spiro atoms. The summed E-state index contributed by atoms with van der Waals surface area (Å²) in [5.74, 6) is 1.61. The number of furan rings is 1. The first-order valence-electron chi connectivity index (χ1n) is 8.70. The summed E-state index contributed by atoms with van der Waals surface area (Å²) in [6.45, 7) is 7.44. The van der Waals surface area contributed by atoms with Gasteiger partial charge in [0.2, 0.25) is 0 Å². The monoisotopic (exact) mass is 351 g/mol. The number of hydrogen-bond acceptors (Lipinski definition) is 4. The zero-order valence-corrected chi connectivity index (χ0v) is 15.1. The van der Waals surface area contributed by atoms with E-state index in [1.807, 2.05) is 45.0 Å². The normalized spacial score (nSPS) is 13.0. The SMILES string of the molecule is Cc1ccc(C)c2c(C)c(C(=O)NCc3ccc4c(c3)OCCO4)oc12. The summed E-state index contributed by atoms with van der Waals surface area (Å²) in [4.78, 5) is 12.7. The number of hydrogen-bond donors (Lipinski definition) is 1. The molecular formula is C21H21NO4. The minimum Gasteiger partial charge on any atom is -0.486 e. The number of benzene rings is 2. The molecule has 4 rings (SSSR count). The Bertz CT molecular complexity index is 1000. The standard InChI is InChI=1S/C21H21NO4/c1-12-4-5-13(2)19-18(12)14(3)20(26-19)21(23)22-11-15-6-7-16-17(10-15)25-9-8-24-16/h4-7,10H,8-9,11H2,1-3H3,(H,22,23). The van der Waals surface area contributed by atoms with Crippen molar-refractivity contribution in [1.29, 1.82) is 0 Å². The van der Waals surface area contributed by atoms with Crippen molar-refractivity contribution >= 4 is 16.9 Å². The second-order valence-electron chi connectivity index (χ2n) is 6.62. The van der Waals surface area contributed by atoms with Gasteiger partial charge < -0.3 is 19.2 Å². The quantitative estimate of drug-likeness (QED) is 0.773. The Hall–Kier alpha value is -2.95. The van der Waals surface area contributed by atoms with Crippen LogP contribution in [0.4, 0.5) is 0 Å². The van der Waals surface area contributed by atoms with Crippen molar-refractivity contribution in [2.45, 2.75) is 27.3 Å². The maximum atomic E-state index is 12.7. The van der Waals surface area contributed by atoms with E-state index in [-0.39, 0.29) is 5.91 Å². The van der Waals surface area contributed by atoms with Crippen LogP contribution >= 0.6 is 0 Å². The number of ether oxygens (including phenoxy) is 2. The maximum absolute atomic E-state index is 12.7. The summed E-state index contributed by atoms with van der Waals surface area (Å²) in [6.07, 6.45) is 0. The molecule has 1 amide bonds. The third-order valence-electron chi connectivity index (χ3n) is 4.75. The van der Waals surface area contributed by atoms with E-state index < -0.39 is 0 Å². The van der Waals surface area contributed by atoms with Crippen LogP contribution in [0, 0.1) is 20.8 Å². The van der Waals surface area contributed by atoms with Crippen molar-refractivity contribution in [3.8, 4) is 11.5 Å². The lowest BCUT2D eigenvalue weighted by atomic mass is 10.0. The zero-order chi connectivity index (χ0) is 18.3. The molecule has 26 heavy (non-hydrogen) atoms. The lowest BCUT2D eigenvalue weighted by Crippen LogP contribution is -2.23. The molecule has 0 unspecified atom stereocenters. The average molecular weight is 351 g/mol. The fraction of sp³-hybridized carbons (Fsp3) is 0.286. The van der Waals surface area contributed by atoms with E-state index in [4.69, 9.17) is 13.9 Å². The first-order chi connectivity index (χ1) is 12.5. The third kappa shape index (κ3) is 2.79. The molecule has 0 bridgehead atoms. The first kappa shape index (κ1) is 16.5. The van der Waals surface area contributed by atoms with Crippen molar-refractivity contribution in [3.63, 3.8) is 0 Å². The number of carbonyl (C=O) groups excluding carboxylic acids is 1. The van der Waals surface area contributed by atoms with Crippen LogP contribution in [-0.2, 0) is 6.54 Å². The molecule has 0 aliphatic carbocycles. The number of fused-ring (bicyclic) bond motifs is 2. The topological polar surface area (TPSA) is 60.7 Å². The van der Waals surface area contributed by atoms with Gasteiger partial charge in [-0.2, -0.15) is 0 Å². The number of aryl methyl sites for hydroxylation is 3. The van der Waals surface area contributed by atoms with Crippen LogP contribution in [0.15, 0.2) is 34.7 Å². The molecule has 2 heterocycles. The van der Waals surface area contributed by atoms with E-state index in [1.54, 1.807) is 0 Å². The minimum absolute atomic E-state index is 0.215. The number of nitrogens with one attached hydrogen (secondary N) is 1. The Morgan fingerprint density at radius 3 is 2.50 bits per heavy atom. The molecule has 1 N–H and O–H groups in total. The molecule has 0 saturated carbocycles. The molecule has 0 fully saturated rings. The number of rotatable bonds is 3. The lowest BCUT2D eigenvalue weighted by Gasteiger charge is -2.18. The number of amides is 1. The van der Waals surface area contributed by atoms with E-state index in [0.717, 1.165) is 39.0 Å². The van der Waals surface area contributed by atoms with Gasteiger partial charge in [0.25, 0.3) is 5.91 Å².